The summed E-state index contributed by atoms with van der Waals surface area (Å²) in [5, 5.41) is 5.68. The Morgan fingerprint density at radius 3 is 2.29 bits per heavy atom. The van der Waals surface area contributed by atoms with Crippen molar-refractivity contribution in [3.63, 3.8) is 0 Å². The third kappa shape index (κ3) is 5.03. The zero-order valence-corrected chi connectivity index (χ0v) is 17.1. The van der Waals surface area contributed by atoms with Crippen LogP contribution in [-0.4, -0.2) is 32.6 Å². The number of hydrogen-bond donors (Lipinski definition) is 2. The van der Waals surface area contributed by atoms with Gasteiger partial charge in [0.25, 0.3) is 0 Å². The fourth-order valence-corrected chi connectivity index (χ4v) is 2.67. The van der Waals surface area contributed by atoms with Gasteiger partial charge in [0.2, 0.25) is 11.8 Å². The second-order valence-corrected chi connectivity index (χ2v) is 7.09. The van der Waals surface area contributed by atoms with E-state index in [1.165, 1.54) is 0 Å². The molecule has 0 unspecified atom stereocenters. The van der Waals surface area contributed by atoms with Crippen molar-refractivity contribution < 1.29 is 19.1 Å². The molecule has 2 rings (SSSR count). The summed E-state index contributed by atoms with van der Waals surface area (Å²) >= 11 is 0. The third-order valence-electron chi connectivity index (χ3n) is 4.68. The van der Waals surface area contributed by atoms with Crippen molar-refractivity contribution >= 4 is 17.5 Å². The molecule has 2 aromatic carbocycles. The molecule has 0 atom stereocenters. The number of amides is 2. The zero-order chi connectivity index (χ0) is 20.7. The van der Waals surface area contributed by atoms with E-state index in [9.17, 15) is 9.59 Å². The van der Waals surface area contributed by atoms with Crippen LogP contribution in [0.15, 0.2) is 42.5 Å². The largest absolute Gasteiger partial charge is 0.493 e. The lowest BCUT2D eigenvalue weighted by Gasteiger charge is -2.23. The van der Waals surface area contributed by atoms with Crippen molar-refractivity contribution in [1.29, 1.82) is 0 Å². The highest BCUT2D eigenvalue weighted by Gasteiger charge is 2.36. The minimum Gasteiger partial charge on any atom is -0.493 e. The van der Waals surface area contributed by atoms with E-state index in [1.807, 2.05) is 49.4 Å². The maximum atomic E-state index is 12.6. The van der Waals surface area contributed by atoms with Gasteiger partial charge in [0.1, 0.15) is 5.41 Å². The van der Waals surface area contributed by atoms with Crippen LogP contribution in [0.5, 0.6) is 11.5 Å². The van der Waals surface area contributed by atoms with Crippen LogP contribution in [0.4, 0.5) is 5.69 Å². The fraction of sp³-hybridized carbons (Fsp3) is 0.364. The first-order valence-electron chi connectivity index (χ1n) is 9.16. The SMILES string of the molecule is COc1ccc(CCNC(=O)C(C)(C)C(=O)Nc2ccccc2C)cc1OC. The average molecular weight is 384 g/mol. The topological polar surface area (TPSA) is 76.7 Å². The molecule has 0 fully saturated rings. The molecule has 150 valence electrons. The molecule has 0 aliphatic rings. The summed E-state index contributed by atoms with van der Waals surface area (Å²) < 4.78 is 10.5. The minimum atomic E-state index is -1.19. The van der Waals surface area contributed by atoms with Gasteiger partial charge in [-0.05, 0) is 56.5 Å². The molecule has 0 aliphatic carbocycles. The summed E-state index contributed by atoms with van der Waals surface area (Å²) in [5.41, 5.74) is 1.46. The highest BCUT2D eigenvalue weighted by molar-refractivity contribution is 6.10. The number of ether oxygens (including phenoxy) is 2. The maximum absolute atomic E-state index is 12.6. The minimum absolute atomic E-state index is 0.320. The van der Waals surface area contributed by atoms with Gasteiger partial charge in [-0.3, -0.25) is 9.59 Å². The van der Waals surface area contributed by atoms with E-state index < -0.39 is 5.41 Å². The Hall–Kier alpha value is -3.02. The highest BCUT2D eigenvalue weighted by Crippen LogP contribution is 2.27. The van der Waals surface area contributed by atoms with Gasteiger partial charge in [0.15, 0.2) is 11.5 Å². The Morgan fingerprint density at radius 2 is 1.64 bits per heavy atom. The van der Waals surface area contributed by atoms with E-state index in [4.69, 9.17) is 9.47 Å². The summed E-state index contributed by atoms with van der Waals surface area (Å²) in [6.07, 6.45) is 0.613. The predicted octanol–water partition coefficient (Wildman–Crippen LogP) is 3.34. The monoisotopic (exact) mass is 384 g/mol. The molecule has 28 heavy (non-hydrogen) atoms. The molecule has 0 heterocycles. The van der Waals surface area contributed by atoms with Crippen LogP contribution in [0, 0.1) is 12.3 Å². The van der Waals surface area contributed by atoms with Crippen molar-refractivity contribution in [2.45, 2.75) is 27.2 Å². The quantitative estimate of drug-likeness (QED) is 0.685. The molecule has 0 saturated heterocycles. The van der Waals surface area contributed by atoms with E-state index >= 15 is 0 Å². The van der Waals surface area contributed by atoms with Gasteiger partial charge < -0.3 is 20.1 Å². The lowest BCUT2D eigenvalue weighted by molar-refractivity contribution is -0.138. The Bertz CT molecular complexity index is 846. The Labute approximate surface area is 166 Å². The predicted molar refractivity (Wildman–Crippen MR) is 110 cm³/mol. The fourth-order valence-electron chi connectivity index (χ4n) is 2.67. The average Bonchev–Trinajstić information content (AvgIpc) is 2.69. The van der Waals surface area contributed by atoms with Crippen LogP contribution in [0.2, 0.25) is 0 Å². The first-order chi connectivity index (χ1) is 13.3. The van der Waals surface area contributed by atoms with E-state index in [0.717, 1.165) is 11.1 Å². The molecule has 2 N–H and O–H groups in total. The van der Waals surface area contributed by atoms with Gasteiger partial charge in [0, 0.05) is 12.2 Å². The number of carbonyl (C=O) groups excluding carboxylic acids is 2. The summed E-state index contributed by atoms with van der Waals surface area (Å²) in [6, 6.07) is 13.1. The number of carbonyl (C=O) groups is 2. The Morgan fingerprint density at radius 1 is 0.964 bits per heavy atom. The van der Waals surface area contributed by atoms with Crippen LogP contribution < -0.4 is 20.1 Å². The van der Waals surface area contributed by atoms with E-state index in [0.29, 0.717) is 30.2 Å². The third-order valence-corrected chi connectivity index (χ3v) is 4.68. The maximum Gasteiger partial charge on any atom is 0.239 e. The van der Waals surface area contributed by atoms with E-state index in [-0.39, 0.29) is 11.8 Å². The first-order valence-corrected chi connectivity index (χ1v) is 9.16. The number of anilines is 1. The molecule has 2 amide bonds. The normalized spacial score (nSPS) is 10.9. The molecule has 0 bridgehead atoms. The van der Waals surface area contributed by atoms with Crippen LogP contribution >= 0.6 is 0 Å². The summed E-state index contributed by atoms with van der Waals surface area (Å²) in [6.45, 7) is 5.56. The van der Waals surface area contributed by atoms with Gasteiger partial charge in [-0.25, -0.2) is 0 Å². The van der Waals surface area contributed by atoms with Crippen LogP contribution in [0.3, 0.4) is 0 Å². The highest BCUT2D eigenvalue weighted by atomic mass is 16.5. The molecule has 0 saturated carbocycles. The van der Waals surface area contributed by atoms with Gasteiger partial charge in [-0.1, -0.05) is 24.3 Å². The Kier molecular flexibility index (Phi) is 7.04. The molecular formula is C22H28N2O4. The molecule has 0 spiro atoms. The molecular weight excluding hydrogens is 356 g/mol. The van der Waals surface area contributed by atoms with Gasteiger partial charge in [-0.2, -0.15) is 0 Å². The van der Waals surface area contributed by atoms with Crippen LogP contribution in [0.1, 0.15) is 25.0 Å². The summed E-state index contributed by atoms with van der Waals surface area (Å²) in [5.74, 6) is 0.637. The van der Waals surface area contributed by atoms with Crippen LogP contribution in [0.25, 0.3) is 0 Å². The van der Waals surface area contributed by atoms with Crippen LogP contribution in [-0.2, 0) is 16.0 Å². The van der Waals surface area contributed by atoms with E-state index in [1.54, 1.807) is 28.1 Å². The molecule has 0 aromatic heterocycles. The van der Waals surface area contributed by atoms with Crippen molar-refractivity contribution in [1.82, 2.24) is 5.32 Å². The molecule has 6 nitrogen and oxygen atoms in total. The number of hydrogen-bond acceptors (Lipinski definition) is 4. The second kappa shape index (κ2) is 9.26. The van der Waals surface area contributed by atoms with Gasteiger partial charge in [-0.15, -0.1) is 0 Å². The van der Waals surface area contributed by atoms with E-state index in [2.05, 4.69) is 10.6 Å². The van der Waals surface area contributed by atoms with Gasteiger partial charge >= 0.3 is 0 Å². The Balaban J connectivity index is 1.94. The van der Waals surface area contributed by atoms with Crippen molar-refractivity contribution in [3.05, 3.63) is 53.6 Å². The molecule has 6 heteroatoms. The molecule has 0 radical (unpaired) electrons. The second-order valence-electron chi connectivity index (χ2n) is 7.09. The number of nitrogens with one attached hydrogen (secondary N) is 2. The van der Waals surface area contributed by atoms with Crippen molar-refractivity contribution in [2.75, 3.05) is 26.1 Å². The number of aryl methyl sites for hydroxylation is 1. The standard InChI is InChI=1S/C22H28N2O4/c1-15-8-6-7-9-17(15)24-21(26)22(2,3)20(25)23-13-12-16-10-11-18(27-4)19(14-16)28-5/h6-11,14H,12-13H2,1-5H3,(H,23,25)(H,24,26). The lowest BCUT2D eigenvalue weighted by atomic mass is 9.90. The van der Waals surface area contributed by atoms with Crippen molar-refractivity contribution in [2.24, 2.45) is 5.41 Å². The summed E-state index contributed by atoms with van der Waals surface area (Å²) in [7, 11) is 3.17. The number of benzene rings is 2. The van der Waals surface area contributed by atoms with Gasteiger partial charge in [0.05, 0.1) is 14.2 Å². The number of para-hydroxylation sites is 1. The zero-order valence-electron chi connectivity index (χ0n) is 17.1. The molecule has 2 aromatic rings. The number of methoxy groups -OCH3 is 2. The first kappa shape index (κ1) is 21.3. The smallest absolute Gasteiger partial charge is 0.239 e. The summed E-state index contributed by atoms with van der Waals surface area (Å²) in [4.78, 5) is 25.2. The molecule has 0 aliphatic heterocycles. The lowest BCUT2D eigenvalue weighted by Crippen LogP contribution is -2.45. The number of rotatable bonds is 8. The van der Waals surface area contributed by atoms with Crippen molar-refractivity contribution in [3.8, 4) is 11.5 Å².